The Labute approximate surface area is 173 Å². The van der Waals surface area contributed by atoms with Crippen molar-refractivity contribution in [3.8, 4) is 29.4 Å². The van der Waals surface area contributed by atoms with E-state index in [-0.39, 0.29) is 18.0 Å². The number of benzene rings is 2. The lowest BCUT2D eigenvalue weighted by molar-refractivity contribution is -0.188. The van der Waals surface area contributed by atoms with Gasteiger partial charge >= 0.3 is 12.1 Å². The number of methoxy groups -OCH3 is 1. The number of hydrogen-bond acceptors (Lipinski definition) is 4. The molecule has 156 valence electrons. The van der Waals surface area contributed by atoms with Crippen molar-refractivity contribution in [3.05, 3.63) is 59.7 Å². The zero-order valence-electron chi connectivity index (χ0n) is 16.7. The van der Waals surface area contributed by atoms with E-state index in [1.165, 1.54) is 32.2 Å². The van der Waals surface area contributed by atoms with Crippen molar-refractivity contribution in [1.29, 1.82) is 0 Å². The molecule has 1 N–H and O–H groups in total. The third-order valence-corrected chi connectivity index (χ3v) is 4.01. The van der Waals surface area contributed by atoms with Crippen LogP contribution < -0.4 is 10.1 Å². The third kappa shape index (κ3) is 5.27. The van der Waals surface area contributed by atoms with Crippen molar-refractivity contribution in [1.82, 2.24) is 0 Å². The van der Waals surface area contributed by atoms with E-state index in [4.69, 9.17) is 9.47 Å². The van der Waals surface area contributed by atoms with E-state index in [1.54, 1.807) is 18.2 Å². The van der Waals surface area contributed by atoms with Gasteiger partial charge in [-0.05, 0) is 55.9 Å². The Hall–Kier alpha value is -3.58. The maximum absolute atomic E-state index is 14.1. The summed E-state index contributed by atoms with van der Waals surface area (Å²) in [6.07, 6.45) is -5.10. The maximum atomic E-state index is 14.1. The van der Waals surface area contributed by atoms with Crippen molar-refractivity contribution in [3.63, 3.8) is 0 Å². The van der Waals surface area contributed by atoms with E-state index < -0.39 is 17.7 Å². The van der Waals surface area contributed by atoms with Crippen LogP contribution in [0.4, 0.5) is 18.9 Å². The van der Waals surface area contributed by atoms with E-state index in [9.17, 15) is 18.0 Å². The normalized spacial score (nSPS) is 12.3. The van der Waals surface area contributed by atoms with Gasteiger partial charge in [-0.2, -0.15) is 13.2 Å². The second-order valence-electron chi connectivity index (χ2n) is 6.16. The fourth-order valence-electron chi connectivity index (χ4n) is 2.45. The summed E-state index contributed by atoms with van der Waals surface area (Å²) in [4.78, 5) is 12.4. The quantitative estimate of drug-likeness (QED) is 0.583. The molecule has 2 rings (SSSR count). The van der Waals surface area contributed by atoms with Crippen LogP contribution in [0.1, 0.15) is 18.1 Å². The summed E-state index contributed by atoms with van der Waals surface area (Å²) in [5.41, 5.74) is -1.78. The van der Waals surface area contributed by atoms with E-state index >= 15 is 0 Å². The second-order valence-corrected chi connectivity index (χ2v) is 6.16. The number of alkyl halides is 3. The minimum absolute atomic E-state index is 0.0637. The first-order valence-corrected chi connectivity index (χ1v) is 8.98. The second kappa shape index (κ2) is 9.76. The zero-order chi connectivity index (χ0) is 22.2. The molecule has 4 nitrogen and oxygen atoms in total. The van der Waals surface area contributed by atoms with Gasteiger partial charge in [-0.25, -0.2) is 4.79 Å². The van der Waals surface area contributed by atoms with Gasteiger partial charge in [0.25, 0.3) is 5.54 Å². The molecule has 0 bridgehead atoms. The van der Waals surface area contributed by atoms with Crippen molar-refractivity contribution >= 4 is 11.7 Å². The highest BCUT2D eigenvalue weighted by molar-refractivity contribution is 5.91. The number of hydrogen-bond donors (Lipinski definition) is 1. The molecular weight excluding hydrogens is 395 g/mol. The minimum Gasteiger partial charge on any atom is -0.495 e. The lowest BCUT2D eigenvalue weighted by atomic mass is 9.98. The monoisotopic (exact) mass is 415 g/mol. The van der Waals surface area contributed by atoms with Gasteiger partial charge in [-0.1, -0.05) is 35.7 Å². The topological polar surface area (TPSA) is 47.6 Å². The molecule has 0 aliphatic rings. The molecule has 0 saturated carbocycles. The van der Waals surface area contributed by atoms with Crippen LogP contribution in [0.2, 0.25) is 0 Å². The average molecular weight is 415 g/mol. The van der Waals surface area contributed by atoms with Crippen LogP contribution >= 0.6 is 0 Å². The Balaban J connectivity index is 2.53. The van der Waals surface area contributed by atoms with Gasteiger partial charge < -0.3 is 14.8 Å². The fourth-order valence-corrected chi connectivity index (χ4v) is 2.45. The van der Waals surface area contributed by atoms with Crippen molar-refractivity contribution in [2.24, 2.45) is 0 Å². The first-order chi connectivity index (χ1) is 14.2. The van der Waals surface area contributed by atoms with Crippen LogP contribution in [0.5, 0.6) is 5.75 Å². The van der Waals surface area contributed by atoms with Crippen LogP contribution in [0, 0.1) is 30.6 Å². The smallest absolute Gasteiger partial charge is 0.434 e. The lowest BCUT2D eigenvalue weighted by Gasteiger charge is -2.30. The van der Waals surface area contributed by atoms with Crippen molar-refractivity contribution in [2.75, 3.05) is 19.0 Å². The highest BCUT2D eigenvalue weighted by Crippen LogP contribution is 2.37. The number of anilines is 1. The van der Waals surface area contributed by atoms with Gasteiger partial charge in [0.15, 0.2) is 0 Å². The molecule has 0 fully saturated rings. The number of halogens is 3. The number of esters is 1. The molecule has 30 heavy (non-hydrogen) atoms. The zero-order valence-corrected chi connectivity index (χ0v) is 16.7. The Kier molecular flexibility index (Phi) is 7.38. The van der Waals surface area contributed by atoms with Gasteiger partial charge in [0.1, 0.15) is 5.75 Å². The van der Waals surface area contributed by atoms with Gasteiger partial charge in [0.05, 0.1) is 19.4 Å². The summed E-state index contributed by atoms with van der Waals surface area (Å²) in [7, 11) is 1.30. The van der Waals surface area contributed by atoms with E-state index in [1.807, 2.05) is 25.0 Å². The molecule has 7 heteroatoms. The number of aryl methyl sites for hydroxylation is 1. The predicted molar refractivity (Wildman–Crippen MR) is 108 cm³/mol. The molecule has 1 atom stereocenters. The van der Waals surface area contributed by atoms with Gasteiger partial charge in [0.2, 0.25) is 0 Å². The Bertz CT molecular complexity index is 1010. The molecule has 0 heterocycles. The first-order valence-electron chi connectivity index (χ1n) is 8.98. The third-order valence-electron chi connectivity index (χ3n) is 4.01. The molecule has 0 aliphatic heterocycles. The summed E-state index contributed by atoms with van der Waals surface area (Å²) in [6.45, 7) is 3.06. The molecule has 0 radical (unpaired) electrons. The molecule has 0 aliphatic carbocycles. The number of ether oxygens (including phenoxy) is 2. The molecular formula is C23H20F3NO3. The van der Waals surface area contributed by atoms with E-state index in [0.29, 0.717) is 5.56 Å². The van der Waals surface area contributed by atoms with Gasteiger partial charge in [-0.15, -0.1) is 0 Å². The maximum Gasteiger partial charge on any atom is 0.434 e. The number of para-hydroxylation sites is 2. The summed E-state index contributed by atoms with van der Waals surface area (Å²) in [5, 5.41) is 2.18. The molecule has 0 amide bonds. The molecule has 2 aromatic rings. The molecule has 2 aromatic carbocycles. The van der Waals surface area contributed by atoms with Crippen molar-refractivity contribution < 1.29 is 27.4 Å². The Morgan fingerprint density at radius 3 is 2.33 bits per heavy atom. The first kappa shape index (κ1) is 22.7. The average Bonchev–Trinajstić information content (AvgIpc) is 2.71. The van der Waals surface area contributed by atoms with Crippen LogP contribution in [-0.4, -0.2) is 31.4 Å². The Morgan fingerprint density at radius 2 is 1.73 bits per heavy atom. The van der Waals surface area contributed by atoms with Crippen LogP contribution in [0.25, 0.3) is 0 Å². The molecule has 1 unspecified atom stereocenters. The van der Waals surface area contributed by atoms with Crippen LogP contribution in [-0.2, 0) is 9.53 Å². The number of nitrogens with one attached hydrogen (secondary N) is 1. The standard InChI is InChI=1S/C23H20F3NO3/c1-4-30-21(28)22(23(24,25)26,27-19-10-5-6-11-20(19)29-3)16-8-7-9-18-14-12-17(2)13-15-18/h5-6,10-15,27H,4H2,1-3H3. The molecule has 0 spiro atoms. The van der Waals surface area contributed by atoms with E-state index in [2.05, 4.69) is 23.1 Å². The highest BCUT2D eigenvalue weighted by Gasteiger charge is 2.62. The molecule has 0 aromatic heterocycles. The summed E-state index contributed by atoms with van der Waals surface area (Å²) >= 11 is 0. The summed E-state index contributed by atoms with van der Waals surface area (Å²) in [6, 6.07) is 13.0. The molecule has 0 saturated heterocycles. The van der Waals surface area contributed by atoms with E-state index in [0.717, 1.165) is 5.56 Å². The SMILES string of the molecule is CCOC(=O)C(C#CC#Cc1ccc(C)cc1)(Nc1ccccc1OC)C(F)(F)F. The summed E-state index contributed by atoms with van der Waals surface area (Å²) in [5.74, 6) is 7.67. The van der Waals surface area contributed by atoms with Crippen LogP contribution in [0.15, 0.2) is 48.5 Å². The lowest BCUT2D eigenvalue weighted by Crippen LogP contribution is -2.58. The van der Waals surface area contributed by atoms with Crippen LogP contribution in [0.3, 0.4) is 0 Å². The highest BCUT2D eigenvalue weighted by atomic mass is 19.4. The summed E-state index contributed by atoms with van der Waals surface area (Å²) < 4.78 is 52.1. The largest absolute Gasteiger partial charge is 0.495 e. The number of carbonyl (C=O) groups is 1. The van der Waals surface area contributed by atoms with Crippen molar-refractivity contribution in [2.45, 2.75) is 25.6 Å². The minimum atomic E-state index is -5.10. The fraction of sp³-hybridized carbons (Fsp3) is 0.261. The van der Waals surface area contributed by atoms with Gasteiger partial charge in [0, 0.05) is 5.56 Å². The number of rotatable bonds is 5. The van der Waals surface area contributed by atoms with Gasteiger partial charge in [-0.3, -0.25) is 0 Å². The predicted octanol–water partition coefficient (Wildman–Crippen LogP) is 4.33. The number of carbonyl (C=O) groups excluding carboxylic acids is 1. The Morgan fingerprint density at radius 1 is 1.07 bits per heavy atom.